The Balaban J connectivity index is 1.66. The van der Waals surface area contributed by atoms with Gasteiger partial charge in [0.1, 0.15) is 17.6 Å². The Morgan fingerprint density at radius 3 is 2.60 bits per heavy atom. The van der Waals surface area contributed by atoms with Gasteiger partial charge in [0.2, 0.25) is 5.91 Å². The van der Waals surface area contributed by atoms with E-state index in [1.165, 1.54) is 11.8 Å². The second-order valence-electron chi connectivity index (χ2n) is 4.93. The van der Waals surface area contributed by atoms with Crippen molar-refractivity contribution in [3.05, 3.63) is 53.1 Å². The summed E-state index contributed by atoms with van der Waals surface area (Å²) in [4.78, 5) is 11.9. The van der Waals surface area contributed by atoms with Crippen molar-refractivity contribution < 1.29 is 14.3 Å². The summed E-state index contributed by atoms with van der Waals surface area (Å²) in [7, 11) is 1.61. The minimum Gasteiger partial charge on any atom is -0.497 e. The third kappa shape index (κ3) is 6.22. The maximum absolute atomic E-state index is 11.9. The highest BCUT2D eigenvalue weighted by Gasteiger charge is 2.05. The topological polar surface area (TPSA) is 71.3 Å². The second kappa shape index (κ2) is 9.82. The Kier molecular flexibility index (Phi) is 7.45. The fourth-order valence-corrected chi connectivity index (χ4v) is 2.76. The van der Waals surface area contributed by atoms with Gasteiger partial charge in [-0.25, -0.2) is 0 Å². The lowest BCUT2D eigenvalue weighted by Crippen LogP contribution is -2.15. The second-order valence-corrected chi connectivity index (χ2v) is 6.44. The summed E-state index contributed by atoms with van der Waals surface area (Å²) in [6.45, 7) is 0.507. The molecular formula is C18H17ClN2O3S. The third-order valence-electron chi connectivity index (χ3n) is 3.16. The van der Waals surface area contributed by atoms with Crippen LogP contribution in [0, 0.1) is 11.3 Å². The number of thioether (sulfide) groups is 1. The lowest BCUT2D eigenvalue weighted by Gasteiger charge is -2.08. The van der Waals surface area contributed by atoms with Gasteiger partial charge in [0.05, 0.1) is 30.1 Å². The van der Waals surface area contributed by atoms with Gasteiger partial charge in [-0.15, -0.1) is 11.8 Å². The van der Waals surface area contributed by atoms with Crippen LogP contribution in [0.3, 0.4) is 0 Å². The number of amides is 1. The number of halogens is 1. The van der Waals surface area contributed by atoms with Gasteiger partial charge in [-0.05, 0) is 42.5 Å². The Morgan fingerprint density at radius 2 is 1.96 bits per heavy atom. The molecule has 0 heterocycles. The zero-order valence-corrected chi connectivity index (χ0v) is 15.2. The molecule has 0 aliphatic carbocycles. The number of ether oxygens (including phenoxy) is 2. The normalized spacial score (nSPS) is 9.96. The van der Waals surface area contributed by atoms with Gasteiger partial charge in [-0.2, -0.15) is 5.26 Å². The summed E-state index contributed by atoms with van der Waals surface area (Å²) in [6.07, 6.45) is 0. The number of nitrogens with zero attached hydrogens (tertiary/aromatic N) is 1. The van der Waals surface area contributed by atoms with Crippen LogP contribution in [0.5, 0.6) is 11.5 Å². The van der Waals surface area contributed by atoms with E-state index in [4.69, 9.17) is 26.3 Å². The predicted molar refractivity (Wildman–Crippen MR) is 101 cm³/mol. The molecule has 0 atom stereocenters. The number of nitriles is 1. The molecule has 2 aromatic carbocycles. The summed E-state index contributed by atoms with van der Waals surface area (Å²) in [6, 6.07) is 14.1. The van der Waals surface area contributed by atoms with Crippen LogP contribution >= 0.6 is 23.4 Å². The number of hydrogen-bond donors (Lipinski definition) is 1. The van der Waals surface area contributed by atoms with Crippen LogP contribution in [0.15, 0.2) is 42.5 Å². The number of anilines is 1. The standard InChI is InChI=1S/C18H17ClN2O3S/c1-23-15-4-6-16(7-5-15)24-8-9-25-12-18(22)21-14-3-2-13(11-20)17(19)10-14/h2-7,10H,8-9,12H2,1H3,(H,21,22). The van der Waals surface area contributed by atoms with E-state index < -0.39 is 0 Å². The number of nitrogens with one attached hydrogen (secondary N) is 1. The summed E-state index contributed by atoms with van der Waals surface area (Å²) < 4.78 is 10.7. The molecule has 0 bridgehead atoms. The average Bonchev–Trinajstić information content (AvgIpc) is 2.62. The summed E-state index contributed by atoms with van der Waals surface area (Å²) in [5.74, 6) is 2.41. The number of hydrogen-bond acceptors (Lipinski definition) is 5. The molecule has 2 rings (SSSR count). The minimum atomic E-state index is -0.129. The van der Waals surface area contributed by atoms with E-state index in [0.717, 1.165) is 11.5 Å². The maximum Gasteiger partial charge on any atom is 0.234 e. The molecule has 130 valence electrons. The molecule has 1 N–H and O–H groups in total. The van der Waals surface area contributed by atoms with Gasteiger partial charge in [0.25, 0.3) is 0 Å². The largest absolute Gasteiger partial charge is 0.497 e. The average molecular weight is 377 g/mol. The van der Waals surface area contributed by atoms with Crippen LogP contribution < -0.4 is 14.8 Å². The van der Waals surface area contributed by atoms with Crippen molar-refractivity contribution in [1.82, 2.24) is 0 Å². The van der Waals surface area contributed by atoms with E-state index in [2.05, 4.69) is 5.32 Å². The molecule has 0 aliphatic rings. The number of rotatable bonds is 8. The van der Waals surface area contributed by atoms with E-state index in [9.17, 15) is 4.79 Å². The first-order valence-corrected chi connectivity index (χ1v) is 8.99. The fraction of sp³-hybridized carbons (Fsp3) is 0.222. The molecule has 0 fully saturated rings. The minimum absolute atomic E-state index is 0.129. The number of carbonyl (C=O) groups excluding carboxylic acids is 1. The van der Waals surface area contributed by atoms with E-state index >= 15 is 0 Å². The maximum atomic E-state index is 11.9. The highest BCUT2D eigenvalue weighted by molar-refractivity contribution is 7.99. The van der Waals surface area contributed by atoms with Crippen LogP contribution in [0.25, 0.3) is 0 Å². The highest BCUT2D eigenvalue weighted by Crippen LogP contribution is 2.20. The monoisotopic (exact) mass is 376 g/mol. The van der Waals surface area contributed by atoms with Crippen LogP contribution in [0.2, 0.25) is 5.02 Å². The molecule has 1 amide bonds. The molecule has 5 nitrogen and oxygen atoms in total. The van der Waals surface area contributed by atoms with Gasteiger partial charge in [0.15, 0.2) is 0 Å². The lowest BCUT2D eigenvalue weighted by molar-refractivity contribution is -0.113. The molecule has 0 aliphatic heterocycles. The van der Waals surface area contributed by atoms with E-state index in [1.807, 2.05) is 30.3 Å². The lowest BCUT2D eigenvalue weighted by atomic mass is 10.2. The molecule has 0 radical (unpaired) electrons. The molecule has 0 unspecified atom stereocenters. The smallest absolute Gasteiger partial charge is 0.234 e. The van der Waals surface area contributed by atoms with Gasteiger partial charge < -0.3 is 14.8 Å². The first-order chi connectivity index (χ1) is 12.1. The number of benzene rings is 2. The van der Waals surface area contributed by atoms with Crippen LogP contribution in [0.4, 0.5) is 5.69 Å². The van der Waals surface area contributed by atoms with Crippen molar-refractivity contribution in [2.24, 2.45) is 0 Å². The van der Waals surface area contributed by atoms with Crippen LogP contribution in [-0.4, -0.2) is 31.1 Å². The molecule has 7 heteroatoms. The number of carbonyl (C=O) groups is 1. The van der Waals surface area contributed by atoms with Gasteiger partial charge in [0, 0.05) is 11.4 Å². The zero-order chi connectivity index (χ0) is 18.1. The van der Waals surface area contributed by atoms with Gasteiger partial charge >= 0.3 is 0 Å². The van der Waals surface area contributed by atoms with Crippen LogP contribution in [-0.2, 0) is 4.79 Å². The quantitative estimate of drug-likeness (QED) is 0.706. The highest BCUT2D eigenvalue weighted by atomic mass is 35.5. The van der Waals surface area contributed by atoms with Crippen molar-refractivity contribution >= 4 is 35.0 Å². The molecule has 0 saturated heterocycles. The van der Waals surface area contributed by atoms with E-state index in [1.54, 1.807) is 25.3 Å². The molecule has 25 heavy (non-hydrogen) atoms. The van der Waals surface area contributed by atoms with E-state index in [-0.39, 0.29) is 5.91 Å². The Hall–Kier alpha value is -2.36. The molecule has 0 spiro atoms. The molecule has 0 saturated carbocycles. The summed E-state index contributed by atoms with van der Waals surface area (Å²) in [5, 5.41) is 11.9. The SMILES string of the molecule is COc1ccc(OCCSCC(=O)Nc2ccc(C#N)c(Cl)c2)cc1. The van der Waals surface area contributed by atoms with Crippen molar-refractivity contribution in [1.29, 1.82) is 5.26 Å². The van der Waals surface area contributed by atoms with Crippen molar-refractivity contribution in [2.75, 3.05) is 30.5 Å². The molecule has 2 aromatic rings. The van der Waals surface area contributed by atoms with Gasteiger partial charge in [-0.3, -0.25) is 4.79 Å². The van der Waals surface area contributed by atoms with Crippen molar-refractivity contribution in [3.63, 3.8) is 0 Å². The Bertz CT molecular complexity index is 760. The predicted octanol–water partition coefficient (Wildman–Crippen LogP) is 3.97. The molecular weight excluding hydrogens is 360 g/mol. The zero-order valence-electron chi connectivity index (χ0n) is 13.6. The first kappa shape index (κ1) is 19.0. The Labute approximate surface area is 155 Å². The summed E-state index contributed by atoms with van der Waals surface area (Å²) >= 11 is 7.40. The summed E-state index contributed by atoms with van der Waals surface area (Å²) in [5.41, 5.74) is 0.953. The van der Waals surface area contributed by atoms with E-state index in [0.29, 0.717) is 34.4 Å². The molecule has 0 aromatic heterocycles. The third-order valence-corrected chi connectivity index (χ3v) is 4.40. The van der Waals surface area contributed by atoms with Gasteiger partial charge in [-0.1, -0.05) is 11.6 Å². The van der Waals surface area contributed by atoms with Crippen molar-refractivity contribution in [2.45, 2.75) is 0 Å². The first-order valence-electron chi connectivity index (χ1n) is 7.46. The fourth-order valence-electron chi connectivity index (χ4n) is 1.94. The van der Waals surface area contributed by atoms with Crippen molar-refractivity contribution in [3.8, 4) is 17.6 Å². The van der Waals surface area contributed by atoms with Crippen LogP contribution in [0.1, 0.15) is 5.56 Å². The number of methoxy groups -OCH3 is 1. The Morgan fingerprint density at radius 1 is 1.24 bits per heavy atom.